The van der Waals surface area contributed by atoms with Gasteiger partial charge in [0.1, 0.15) is 0 Å². The first kappa shape index (κ1) is 10.2. The summed E-state index contributed by atoms with van der Waals surface area (Å²) in [6.07, 6.45) is 3.44. The Kier molecular flexibility index (Phi) is 2.73. The summed E-state index contributed by atoms with van der Waals surface area (Å²) in [4.78, 5) is 18.0. The van der Waals surface area contributed by atoms with E-state index in [0.29, 0.717) is 11.9 Å². The van der Waals surface area contributed by atoms with Gasteiger partial charge in [0.05, 0.1) is 0 Å². The van der Waals surface area contributed by atoms with Crippen LogP contribution in [0.25, 0.3) is 0 Å². The predicted octanol–water partition coefficient (Wildman–Crippen LogP) is -0.146. The normalized spacial score (nSPS) is 21.7. The number of hydrogen-bond donors (Lipinski definition) is 1. The molecule has 5 heteroatoms. The van der Waals surface area contributed by atoms with Crippen molar-refractivity contribution in [1.82, 2.24) is 19.8 Å². The lowest BCUT2D eigenvalue weighted by atomic mass is 10.2. The average molecular weight is 208 g/mol. The minimum atomic E-state index is 0.0239. The van der Waals surface area contributed by atoms with Crippen LogP contribution in [0.4, 0.5) is 0 Å². The van der Waals surface area contributed by atoms with Crippen molar-refractivity contribution in [2.24, 2.45) is 7.05 Å². The summed E-state index contributed by atoms with van der Waals surface area (Å²) in [6.45, 7) is 4.46. The third-order valence-corrected chi connectivity index (χ3v) is 2.67. The van der Waals surface area contributed by atoms with Gasteiger partial charge in [-0.1, -0.05) is 0 Å². The number of piperazine rings is 1. The number of carbonyl (C=O) groups excluding carboxylic acids is 1. The lowest BCUT2D eigenvalue weighted by molar-refractivity contribution is 0.0693. The van der Waals surface area contributed by atoms with E-state index < -0.39 is 0 Å². The van der Waals surface area contributed by atoms with Gasteiger partial charge in [-0.2, -0.15) is 0 Å². The van der Waals surface area contributed by atoms with Gasteiger partial charge in [-0.05, 0) is 6.92 Å². The summed E-state index contributed by atoms with van der Waals surface area (Å²) < 4.78 is 1.76. The molecule has 0 saturated carbocycles. The summed E-state index contributed by atoms with van der Waals surface area (Å²) in [5.41, 5.74) is 0. The maximum atomic E-state index is 12.0. The third-order valence-electron chi connectivity index (χ3n) is 2.67. The number of nitrogens with one attached hydrogen (secondary N) is 1. The lowest BCUT2D eigenvalue weighted by Gasteiger charge is -2.31. The highest BCUT2D eigenvalue weighted by atomic mass is 16.2. The summed E-state index contributed by atoms with van der Waals surface area (Å²) in [5.74, 6) is 0.542. The predicted molar refractivity (Wildman–Crippen MR) is 56.6 cm³/mol. The van der Waals surface area contributed by atoms with E-state index in [1.165, 1.54) is 0 Å². The van der Waals surface area contributed by atoms with Crippen LogP contribution in [0.3, 0.4) is 0 Å². The molecule has 1 aliphatic heterocycles. The van der Waals surface area contributed by atoms with Crippen LogP contribution in [0.2, 0.25) is 0 Å². The van der Waals surface area contributed by atoms with E-state index in [0.717, 1.165) is 19.6 Å². The molecule has 0 bridgehead atoms. The highest BCUT2D eigenvalue weighted by Crippen LogP contribution is 2.05. The van der Waals surface area contributed by atoms with E-state index >= 15 is 0 Å². The summed E-state index contributed by atoms with van der Waals surface area (Å²) in [7, 11) is 1.84. The lowest BCUT2D eigenvalue weighted by Crippen LogP contribution is -2.51. The standard InChI is InChI=1S/C10H16N4O/c1-8-7-14(6-4-11-8)10(15)9-12-3-5-13(9)2/h3,5,8,11H,4,6-7H2,1-2H3. The molecule has 15 heavy (non-hydrogen) atoms. The van der Waals surface area contributed by atoms with Crippen LogP contribution in [0.5, 0.6) is 0 Å². The van der Waals surface area contributed by atoms with Gasteiger partial charge in [-0.3, -0.25) is 4.79 Å². The Morgan fingerprint density at radius 1 is 1.67 bits per heavy atom. The SMILES string of the molecule is CC1CN(C(=O)c2nccn2C)CCN1. The van der Waals surface area contributed by atoms with Gasteiger partial charge in [-0.25, -0.2) is 4.98 Å². The summed E-state index contributed by atoms with van der Waals surface area (Å²) in [5, 5.41) is 3.31. The van der Waals surface area contributed by atoms with Crippen molar-refractivity contribution < 1.29 is 4.79 Å². The molecule has 2 rings (SSSR count). The smallest absolute Gasteiger partial charge is 0.289 e. The summed E-state index contributed by atoms with van der Waals surface area (Å²) >= 11 is 0. The van der Waals surface area contributed by atoms with E-state index in [4.69, 9.17) is 0 Å². The van der Waals surface area contributed by atoms with Crippen LogP contribution in [0.15, 0.2) is 12.4 Å². The second-order valence-electron chi connectivity index (χ2n) is 3.97. The van der Waals surface area contributed by atoms with E-state index in [1.54, 1.807) is 17.0 Å². The molecule has 0 radical (unpaired) electrons. The van der Waals surface area contributed by atoms with Crippen molar-refractivity contribution in [2.75, 3.05) is 19.6 Å². The number of aromatic nitrogens is 2. The largest absolute Gasteiger partial charge is 0.333 e. The number of imidazole rings is 1. The minimum Gasteiger partial charge on any atom is -0.333 e. The van der Waals surface area contributed by atoms with Gasteiger partial charge < -0.3 is 14.8 Å². The Labute approximate surface area is 89.1 Å². The molecule has 0 aromatic carbocycles. The number of hydrogen-bond acceptors (Lipinski definition) is 3. The number of nitrogens with zero attached hydrogens (tertiary/aromatic N) is 3. The number of aryl methyl sites for hydroxylation is 1. The Hall–Kier alpha value is -1.36. The maximum absolute atomic E-state index is 12.0. The quantitative estimate of drug-likeness (QED) is 0.698. The van der Waals surface area contributed by atoms with Gasteiger partial charge in [0.15, 0.2) is 5.82 Å². The Morgan fingerprint density at radius 2 is 2.47 bits per heavy atom. The first-order valence-electron chi connectivity index (χ1n) is 5.18. The zero-order valence-corrected chi connectivity index (χ0v) is 9.10. The maximum Gasteiger partial charge on any atom is 0.289 e. The van der Waals surface area contributed by atoms with Crippen molar-refractivity contribution in [2.45, 2.75) is 13.0 Å². The summed E-state index contributed by atoms with van der Waals surface area (Å²) in [6, 6.07) is 0.364. The van der Waals surface area contributed by atoms with E-state index in [-0.39, 0.29) is 5.91 Å². The number of carbonyl (C=O) groups is 1. The number of rotatable bonds is 1. The van der Waals surface area contributed by atoms with Crippen LogP contribution >= 0.6 is 0 Å². The molecule has 1 aliphatic rings. The molecule has 1 aromatic heterocycles. The molecule has 1 atom stereocenters. The first-order valence-corrected chi connectivity index (χ1v) is 5.18. The fourth-order valence-electron chi connectivity index (χ4n) is 1.83. The second-order valence-corrected chi connectivity index (χ2v) is 3.97. The van der Waals surface area contributed by atoms with Gasteiger partial charge >= 0.3 is 0 Å². The van der Waals surface area contributed by atoms with Crippen molar-refractivity contribution >= 4 is 5.91 Å². The van der Waals surface area contributed by atoms with Crippen molar-refractivity contribution in [3.8, 4) is 0 Å². The van der Waals surface area contributed by atoms with Crippen LogP contribution in [-0.4, -0.2) is 46.0 Å². The molecule has 1 amide bonds. The van der Waals surface area contributed by atoms with Crippen molar-refractivity contribution in [3.05, 3.63) is 18.2 Å². The Balaban J connectivity index is 2.11. The number of amides is 1. The molecule has 0 spiro atoms. The molecule has 1 unspecified atom stereocenters. The van der Waals surface area contributed by atoms with Gasteiger partial charge in [0, 0.05) is 45.1 Å². The zero-order chi connectivity index (χ0) is 10.8. The first-order chi connectivity index (χ1) is 7.18. The molecule has 1 aromatic rings. The van der Waals surface area contributed by atoms with Crippen molar-refractivity contribution in [3.63, 3.8) is 0 Å². The molecule has 0 aliphatic carbocycles. The van der Waals surface area contributed by atoms with Crippen LogP contribution in [-0.2, 0) is 7.05 Å². The van der Waals surface area contributed by atoms with Crippen LogP contribution in [0.1, 0.15) is 17.5 Å². The van der Waals surface area contributed by atoms with Crippen LogP contribution < -0.4 is 5.32 Å². The zero-order valence-electron chi connectivity index (χ0n) is 9.10. The molecule has 5 nitrogen and oxygen atoms in total. The van der Waals surface area contributed by atoms with Gasteiger partial charge in [-0.15, -0.1) is 0 Å². The van der Waals surface area contributed by atoms with Crippen molar-refractivity contribution in [1.29, 1.82) is 0 Å². The Morgan fingerprint density at radius 3 is 3.07 bits per heavy atom. The molecule has 1 saturated heterocycles. The molecular weight excluding hydrogens is 192 g/mol. The molecule has 1 fully saturated rings. The monoisotopic (exact) mass is 208 g/mol. The highest BCUT2D eigenvalue weighted by molar-refractivity contribution is 5.90. The minimum absolute atomic E-state index is 0.0239. The van der Waals surface area contributed by atoms with E-state index in [9.17, 15) is 4.79 Å². The molecular formula is C10H16N4O. The second kappa shape index (κ2) is 4.02. The fourth-order valence-corrected chi connectivity index (χ4v) is 1.83. The van der Waals surface area contributed by atoms with Gasteiger partial charge in [0.2, 0.25) is 0 Å². The molecule has 1 N–H and O–H groups in total. The van der Waals surface area contributed by atoms with E-state index in [2.05, 4.69) is 17.2 Å². The van der Waals surface area contributed by atoms with Gasteiger partial charge in [0.25, 0.3) is 5.91 Å². The average Bonchev–Trinajstić information content (AvgIpc) is 2.63. The van der Waals surface area contributed by atoms with Crippen LogP contribution in [0, 0.1) is 0 Å². The molecule has 82 valence electrons. The molecule has 2 heterocycles. The van der Waals surface area contributed by atoms with E-state index in [1.807, 2.05) is 11.9 Å². The Bertz CT molecular complexity index is 360. The fraction of sp³-hybridized carbons (Fsp3) is 0.600. The highest BCUT2D eigenvalue weighted by Gasteiger charge is 2.23. The third kappa shape index (κ3) is 2.02. The topological polar surface area (TPSA) is 50.2 Å².